The molecule has 0 saturated heterocycles. The van der Waals surface area contributed by atoms with Crippen molar-refractivity contribution in [3.05, 3.63) is 54.1 Å². The third-order valence-corrected chi connectivity index (χ3v) is 4.35. The number of ether oxygens (including phenoxy) is 2. The molecule has 0 aliphatic carbocycles. The van der Waals surface area contributed by atoms with Gasteiger partial charge in [0.25, 0.3) is 0 Å². The van der Waals surface area contributed by atoms with Gasteiger partial charge in [-0.1, -0.05) is 36.0 Å². The number of tetrazole rings is 1. The molecule has 3 aromatic rings. The Kier molecular flexibility index (Phi) is 5.32. The first-order valence-electron chi connectivity index (χ1n) is 7.58. The van der Waals surface area contributed by atoms with Gasteiger partial charge in [-0.05, 0) is 47.2 Å². The summed E-state index contributed by atoms with van der Waals surface area (Å²) in [5.41, 5.74) is 2.01. The molecule has 0 unspecified atom stereocenters. The van der Waals surface area contributed by atoms with Gasteiger partial charge in [-0.25, -0.2) is 0 Å². The van der Waals surface area contributed by atoms with Crippen LogP contribution in [-0.2, 0) is 5.75 Å². The van der Waals surface area contributed by atoms with E-state index in [0.717, 1.165) is 28.1 Å². The van der Waals surface area contributed by atoms with E-state index >= 15 is 0 Å². The molecule has 0 N–H and O–H groups in total. The summed E-state index contributed by atoms with van der Waals surface area (Å²) in [7, 11) is 1.66. The summed E-state index contributed by atoms with van der Waals surface area (Å²) in [5, 5.41) is 12.8. The average molecular weight is 342 g/mol. The monoisotopic (exact) mass is 342 g/mol. The van der Waals surface area contributed by atoms with Crippen LogP contribution in [0.15, 0.2) is 53.7 Å². The number of aromatic nitrogens is 4. The molecule has 0 bridgehead atoms. The Hall–Kier alpha value is -2.54. The van der Waals surface area contributed by atoms with Crippen LogP contribution in [0.25, 0.3) is 5.69 Å². The number of rotatable bonds is 7. The highest BCUT2D eigenvalue weighted by atomic mass is 32.2. The lowest BCUT2D eigenvalue weighted by atomic mass is 10.2. The highest BCUT2D eigenvalue weighted by Gasteiger charge is 2.13. The molecule has 0 saturated carbocycles. The third-order valence-electron chi connectivity index (χ3n) is 3.36. The van der Waals surface area contributed by atoms with Crippen molar-refractivity contribution in [2.24, 2.45) is 0 Å². The van der Waals surface area contributed by atoms with E-state index in [1.165, 1.54) is 5.56 Å². The molecular formula is C17H18N4O2S. The minimum absolute atomic E-state index is 0.591. The summed E-state index contributed by atoms with van der Waals surface area (Å²) in [6.45, 7) is 2.54. The van der Waals surface area contributed by atoms with Crippen molar-refractivity contribution in [2.45, 2.75) is 17.8 Å². The van der Waals surface area contributed by atoms with E-state index in [-0.39, 0.29) is 0 Å². The van der Waals surface area contributed by atoms with Crippen molar-refractivity contribution in [2.75, 3.05) is 13.7 Å². The minimum atomic E-state index is 0.591. The van der Waals surface area contributed by atoms with Gasteiger partial charge in [0.15, 0.2) is 0 Å². The number of nitrogens with zero attached hydrogens (tertiary/aromatic N) is 4. The standard InChI is InChI=1S/C17H18N4O2S/c1-3-23-16-7-5-4-6-15(16)21-17(18-19-20-21)24-12-13-8-10-14(22-2)11-9-13/h4-11H,3,12H2,1-2H3. The van der Waals surface area contributed by atoms with E-state index in [2.05, 4.69) is 15.5 Å². The maximum Gasteiger partial charge on any atom is 0.214 e. The Morgan fingerprint density at radius 1 is 1.08 bits per heavy atom. The summed E-state index contributed by atoms with van der Waals surface area (Å²) in [6.07, 6.45) is 0. The maximum absolute atomic E-state index is 5.66. The third kappa shape index (κ3) is 3.68. The molecule has 2 aromatic carbocycles. The second-order valence-electron chi connectivity index (χ2n) is 4.91. The zero-order valence-corrected chi connectivity index (χ0v) is 14.4. The molecule has 0 atom stereocenters. The number of thioether (sulfide) groups is 1. The van der Waals surface area contributed by atoms with Crippen molar-refractivity contribution in [1.29, 1.82) is 0 Å². The number of methoxy groups -OCH3 is 1. The van der Waals surface area contributed by atoms with Gasteiger partial charge in [-0.2, -0.15) is 4.68 Å². The number of hydrogen-bond acceptors (Lipinski definition) is 6. The second-order valence-corrected chi connectivity index (χ2v) is 5.85. The van der Waals surface area contributed by atoms with Crippen LogP contribution in [0.4, 0.5) is 0 Å². The van der Waals surface area contributed by atoms with Gasteiger partial charge >= 0.3 is 0 Å². The quantitative estimate of drug-likeness (QED) is 0.614. The van der Waals surface area contributed by atoms with Crippen LogP contribution in [0, 0.1) is 0 Å². The van der Waals surface area contributed by atoms with E-state index < -0.39 is 0 Å². The molecule has 7 heteroatoms. The van der Waals surface area contributed by atoms with Crippen molar-refractivity contribution in [1.82, 2.24) is 20.2 Å². The lowest BCUT2D eigenvalue weighted by Crippen LogP contribution is -2.03. The molecule has 0 amide bonds. The molecular weight excluding hydrogens is 324 g/mol. The fourth-order valence-corrected chi connectivity index (χ4v) is 3.04. The first kappa shape index (κ1) is 16.3. The lowest BCUT2D eigenvalue weighted by Gasteiger charge is -2.10. The highest BCUT2D eigenvalue weighted by molar-refractivity contribution is 7.98. The van der Waals surface area contributed by atoms with Crippen LogP contribution in [0.5, 0.6) is 11.5 Å². The Bertz CT molecular complexity index is 789. The van der Waals surface area contributed by atoms with Crippen molar-refractivity contribution in [3.8, 4) is 17.2 Å². The first-order valence-corrected chi connectivity index (χ1v) is 8.56. The molecule has 124 valence electrons. The molecule has 0 aliphatic heterocycles. The van der Waals surface area contributed by atoms with Gasteiger partial charge in [0.2, 0.25) is 5.16 Å². The Morgan fingerprint density at radius 2 is 1.88 bits per heavy atom. The lowest BCUT2D eigenvalue weighted by molar-refractivity contribution is 0.337. The maximum atomic E-state index is 5.66. The Labute approximate surface area is 144 Å². The molecule has 3 rings (SSSR count). The normalized spacial score (nSPS) is 10.6. The summed E-state index contributed by atoms with van der Waals surface area (Å²) < 4.78 is 12.5. The van der Waals surface area contributed by atoms with E-state index in [4.69, 9.17) is 9.47 Å². The van der Waals surface area contributed by atoms with Gasteiger partial charge in [-0.15, -0.1) is 5.10 Å². The zero-order chi connectivity index (χ0) is 16.8. The summed E-state index contributed by atoms with van der Waals surface area (Å²) in [6, 6.07) is 15.7. The topological polar surface area (TPSA) is 62.1 Å². The fourth-order valence-electron chi connectivity index (χ4n) is 2.20. The Balaban J connectivity index is 1.78. The van der Waals surface area contributed by atoms with Crippen LogP contribution in [0.3, 0.4) is 0 Å². The van der Waals surface area contributed by atoms with Crippen LogP contribution >= 0.6 is 11.8 Å². The van der Waals surface area contributed by atoms with E-state index in [1.54, 1.807) is 23.6 Å². The van der Waals surface area contributed by atoms with Crippen LogP contribution < -0.4 is 9.47 Å². The average Bonchev–Trinajstić information content (AvgIpc) is 3.09. The molecule has 0 spiro atoms. The first-order chi connectivity index (χ1) is 11.8. The smallest absolute Gasteiger partial charge is 0.214 e. The number of para-hydroxylation sites is 2. The Morgan fingerprint density at radius 3 is 2.62 bits per heavy atom. The molecule has 0 fully saturated rings. The predicted molar refractivity (Wildman–Crippen MR) is 92.9 cm³/mol. The van der Waals surface area contributed by atoms with Gasteiger partial charge in [0.1, 0.15) is 17.2 Å². The second kappa shape index (κ2) is 7.83. The van der Waals surface area contributed by atoms with Crippen molar-refractivity contribution < 1.29 is 9.47 Å². The van der Waals surface area contributed by atoms with Crippen molar-refractivity contribution in [3.63, 3.8) is 0 Å². The van der Waals surface area contributed by atoms with Gasteiger partial charge in [0.05, 0.1) is 13.7 Å². The summed E-state index contributed by atoms with van der Waals surface area (Å²) >= 11 is 1.57. The SMILES string of the molecule is CCOc1ccccc1-n1nnnc1SCc1ccc(OC)cc1. The molecule has 6 nitrogen and oxygen atoms in total. The van der Waals surface area contributed by atoms with E-state index in [1.807, 2.05) is 55.5 Å². The van der Waals surface area contributed by atoms with Gasteiger partial charge in [0, 0.05) is 5.75 Å². The van der Waals surface area contributed by atoms with Crippen LogP contribution in [0.1, 0.15) is 12.5 Å². The fraction of sp³-hybridized carbons (Fsp3) is 0.235. The molecule has 1 heterocycles. The van der Waals surface area contributed by atoms with Crippen LogP contribution in [-0.4, -0.2) is 33.9 Å². The molecule has 0 radical (unpaired) electrons. The zero-order valence-electron chi connectivity index (χ0n) is 13.5. The number of hydrogen-bond donors (Lipinski definition) is 0. The molecule has 24 heavy (non-hydrogen) atoms. The summed E-state index contributed by atoms with van der Waals surface area (Å²) in [4.78, 5) is 0. The highest BCUT2D eigenvalue weighted by Crippen LogP contribution is 2.27. The molecule has 0 aliphatic rings. The van der Waals surface area contributed by atoms with Crippen LogP contribution in [0.2, 0.25) is 0 Å². The van der Waals surface area contributed by atoms with Gasteiger partial charge in [-0.3, -0.25) is 0 Å². The minimum Gasteiger partial charge on any atom is -0.497 e. The molecule has 1 aromatic heterocycles. The van der Waals surface area contributed by atoms with Crippen molar-refractivity contribution >= 4 is 11.8 Å². The van der Waals surface area contributed by atoms with E-state index in [9.17, 15) is 0 Å². The number of benzene rings is 2. The summed E-state index contributed by atoms with van der Waals surface area (Å²) in [5.74, 6) is 2.37. The largest absolute Gasteiger partial charge is 0.497 e. The van der Waals surface area contributed by atoms with Gasteiger partial charge < -0.3 is 9.47 Å². The predicted octanol–water partition coefficient (Wildman–Crippen LogP) is 3.36. The van der Waals surface area contributed by atoms with E-state index in [0.29, 0.717) is 6.61 Å².